The molecular weight excluding hydrogens is 190 g/mol. The molecule has 15 heavy (non-hydrogen) atoms. The Morgan fingerprint density at radius 3 is 2.73 bits per heavy atom. The van der Waals surface area contributed by atoms with E-state index < -0.39 is 0 Å². The van der Waals surface area contributed by atoms with Gasteiger partial charge in [0.25, 0.3) is 0 Å². The second-order valence-electron chi connectivity index (χ2n) is 4.87. The van der Waals surface area contributed by atoms with Crippen molar-refractivity contribution in [3.05, 3.63) is 0 Å². The van der Waals surface area contributed by atoms with Crippen molar-refractivity contribution < 1.29 is 4.74 Å². The highest BCUT2D eigenvalue weighted by Gasteiger charge is 2.37. The van der Waals surface area contributed by atoms with Crippen molar-refractivity contribution in [2.45, 2.75) is 31.3 Å². The quantitative estimate of drug-likeness (QED) is 0.699. The molecule has 3 aliphatic heterocycles. The van der Waals surface area contributed by atoms with Crippen LogP contribution >= 0.6 is 0 Å². The zero-order chi connectivity index (χ0) is 10.1. The summed E-state index contributed by atoms with van der Waals surface area (Å²) in [6.07, 6.45) is 4.11. The Labute approximate surface area is 91.5 Å². The standard InChI is InChI=1S/C11H21N3O/c1-2-11-10(3-5-13(11)4-1)12-14-6-8-15-9-7-14/h10-12H,1-9H2. The van der Waals surface area contributed by atoms with Crippen molar-refractivity contribution in [1.29, 1.82) is 0 Å². The molecule has 3 rings (SSSR count). The van der Waals surface area contributed by atoms with E-state index in [9.17, 15) is 0 Å². The van der Waals surface area contributed by atoms with Gasteiger partial charge in [-0.25, -0.2) is 5.01 Å². The Bertz CT molecular complexity index is 218. The van der Waals surface area contributed by atoms with E-state index in [0.29, 0.717) is 6.04 Å². The van der Waals surface area contributed by atoms with Crippen LogP contribution in [0.1, 0.15) is 19.3 Å². The Morgan fingerprint density at radius 1 is 1.00 bits per heavy atom. The fourth-order valence-electron chi connectivity index (χ4n) is 3.16. The molecule has 0 bridgehead atoms. The fraction of sp³-hybridized carbons (Fsp3) is 1.00. The number of nitrogens with one attached hydrogen (secondary N) is 1. The molecule has 0 radical (unpaired) electrons. The van der Waals surface area contributed by atoms with Gasteiger partial charge in [0.2, 0.25) is 0 Å². The predicted octanol–water partition coefficient (Wildman–Crippen LogP) is 0.0599. The molecule has 0 aromatic heterocycles. The first-order chi connectivity index (χ1) is 7.43. The smallest absolute Gasteiger partial charge is 0.0608 e. The summed E-state index contributed by atoms with van der Waals surface area (Å²) in [5.41, 5.74) is 3.70. The van der Waals surface area contributed by atoms with Crippen LogP contribution in [0.2, 0.25) is 0 Å². The van der Waals surface area contributed by atoms with Crippen LogP contribution in [0.4, 0.5) is 0 Å². The summed E-state index contributed by atoms with van der Waals surface area (Å²) in [4.78, 5) is 2.65. The van der Waals surface area contributed by atoms with Gasteiger partial charge in [0.05, 0.1) is 13.2 Å². The molecule has 3 fully saturated rings. The number of fused-ring (bicyclic) bond motifs is 1. The van der Waals surface area contributed by atoms with Gasteiger partial charge >= 0.3 is 0 Å². The molecule has 0 aromatic rings. The minimum Gasteiger partial charge on any atom is -0.379 e. The van der Waals surface area contributed by atoms with Crippen LogP contribution in [-0.2, 0) is 4.74 Å². The van der Waals surface area contributed by atoms with Gasteiger partial charge in [0.15, 0.2) is 0 Å². The average Bonchev–Trinajstić information content (AvgIpc) is 2.85. The topological polar surface area (TPSA) is 27.7 Å². The van der Waals surface area contributed by atoms with Gasteiger partial charge in [0, 0.05) is 31.7 Å². The number of hydrogen-bond donors (Lipinski definition) is 1. The van der Waals surface area contributed by atoms with Gasteiger partial charge in [-0.05, 0) is 25.8 Å². The van der Waals surface area contributed by atoms with Crippen molar-refractivity contribution in [3.63, 3.8) is 0 Å². The molecule has 1 N–H and O–H groups in total. The summed E-state index contributed by atoms with van der Waals surface area (Å²) < 4.78 is 5.36. The molecule has 4 nitrogen and oxygen atoms in total. The first-order valence-electron chi connectivity index (χ1n) is 6.26. The zero-order valence-electron chi connectivity index (χ0n) is 9.32. The molecule has 3 aliphatic rings. The second-order valence-corrected chi connectivity index (χ2v) is 4.87. The Hall–Kier alpha value is -0.160. The molecule has 0 aromatic carbocycles. The molecule has 86 valence electrons. The lowest BCUT2D eigenvalue weighted by molar-refractivity contribution is 0.00136. The Morgan fingerprint density at radius 2 is 1.87 bits per heavy atom. The predicted molar refractivity (Wildman–Crippen MR) is 58.5 cm³/mol. The Kier molecular flexibility index (Phi) is 2.92. The molecule has 4 heteroatoms. The molecule has 0 aliphatic carbocycles. The van der Waals surface area contributed by atoms with Gasteiger partial charge in [-0.15, -0.1) is 0 Å². The summed E-state index contributed by atoms with van der Waals surface area (Å²) in [5.74, 6) is 0. The average molecular weight is 211 g/mol. The third-order valence-corrected chi connectivity index (χ3v) is 3.97. The number of hydrogen-bond acceptors (Lipinski definition) is 4. The maximum Gasteiger partial charge on any atom is 0.0608 e. The number of nitrogens with zero attached hydrogens (tertiary/aromatic N) is 2. The molecule has 3 saturated heterocycles. The minimum absolute atomic E-state index is 0.700. The van der Waals surface area contributed by atoms with Crippen LogP contribution in [0.3, 0.4) is 0 Å². The number of hydrazine groups is 1. The van der Waals surface area contributed by atoms with Crippen molar-refractivity contribution >= 4 is 0 Å². The highest BCUT2D eigenvalue weighted by atomic mass is 16.5. The number of morpholine rings is 1. The highest BCUT2D eigenvalue weighted by Crippen LogP contribution is 2.28. The first-order valence-corrected chi connectivity index (χ1v) is 6.26. The van der Waals surface area contributed by atoms with Gasteiger partial charge in [-0.2, -0.15) is 0 Å². The minimum atomic E-state index is 0.700. The van der Waals surface area contributed by atoms with E-state index in [1.54, 1.807) is 0 Å². The first kappa shape index (κ1) is 10.0. The maximum atomic E-state index is 5.36. The third kappa shape index (κ3) is 2.04. The monoisotopic (exact) mass is 211 g/mol. The number of ether oxygens (including phenoxy) is 1. The van der Waals surface area contributed by atoms with Crippen LogP contribution in [0.25, 0.3) is 0 Å². The van der Waals surface area contributed by atoms with Crippen molar-refractivity contribution in [1.82, 2.24) is 15.3 Å². The third-order valence-electron chi connectivity index (χ3n) is 3.97. The van der Waals surface area contributed by atoms with Gasteiger partial charge in [-0.1, -0.05) is 0 Å². The molecule has 0 spiro atoms. The van der Waals surface area contributed by atoms with Gasteiger partial charge in [0.1, 0.15) is 0 Å². The van der Waals surface area contributed by atoms with Crippen LogP contribution in [0, 0.1) is 0 Å². The molecule has 3 heterocycles. The summed E-state index contributed by atoms with van der Waals surface area (Å²) in [7, 11) is 0. The summed E-state index contributed by atoms with van der Waals surface area (Å²) >= 11 is 0. The highest BCUT2D eigenvalue weighted by molar-refractivity contribution is 4.95. The molecule has 2 atom stereocenters. The van der Waals surface area contributed by atoms with Crippen LogP contribution in [0.15, 0.2) is 0 Å². The van der Waals surface area contributed by atoms with Crippen molar-refractivity contribution in [2.75, 3.05) is 39.4 Å². The molecule has 0 saturated carbocycles. The van der Waals surface area contributed by atoms with E-state index in [4.69, 9.17) is 4.74 Å². The van der Waals surface area contributed by atoms with Gasteiger partial charge < -0.3 is 4.74 Å². The Balaban J connectivity index is 1.54. The lowest BCUT2D eigenvalue weighted by Crippen LogP contribution is -2.53. The lowest BCUT2D eigenvalue weighted by atomic mass is 10.1. The normalized spacial score (nSPS) is 38.4. The fourth-order valence-corrected chi connectivity index (χ4v) is 3.16. The van der Waals surface area contributed by atoms with E-state index in [-0.39, 0.29) is 0 Å². The summed E-state index contributed by atoms with van der Waals surface area (Å²) in [6.45, 7) is 6.48. The lowest BCUT2D eigenvalue weighted by Gasteiger charge is -2.32. The van der Waals surface area contributed by atoms with E-state index in [0.717, 1.165) is 32.3 Å². The summed E-state index contributed by atoms with van der Waals surface area (Å²) in [5, 5.41) is 2.36. The van der Waals surface area contributed by atoms with Crippen LogP contribution in [0.5, 0.6) is 0 Å². The summed E-state index contributed by atoms with van der Waals surface area (Å²) in [6, 6.07) is 1.51. The van der Waals surface area contributed by atoms with Crippen LogP contribution < -0.4 is 5.43 Å². The van der Waals surface area contributed by atoms with E-state index in [1.165, 1.54) is 32.4 Å². The maximum absolute atomic E-state index is 5.36. The zero-order valence-corrected chi connectivity index (χ0v) is 9.32. The van der Waals surface area contributed by atoms with E-state index in [2.05, 4.69) is 15.3 Å². The largest absolute Gasteiger partial charge is 0.379 e. The van der Waals surface area contributed by atoms with Crippen molar-refractivity contribution in [3.8, 4) is 0 Å². The van der Waals surface area contributed by atoms with Gasteiger partial charge in [-0.3, -0.25) is 10.3 Å². The SMILES string of the molecule is C1CC2C(NN3CCOCC3)CCN2C1. The number of rotatable bonds is 2. The van der Waals surface area contributed by atoms with Crippen molar-refractivity contribution in [2.24, 2.45) is 0 Å². The van der Waals surface area contributed by atoms with Crippen LogP contribution in [-0.4, -0.2) is 61.4 Å². The molecule has 2 unspecified atom stereocenters. The van der Waals surface area contributed by atoms with E-state index >= 15 is 0 Å². The molecular formula is C11H21N3O. The second kappa shape index (κ2) is 4.37. The molecule has 0 amide bonds. The van der Waals surface area contributed by atoms with E-state index in [1.807, 2.05) is 0 Å².